The molecule has 1 spiro atoms. The van der Waals surface area contributed by atoms with Crippen molar-refractivity contribution < 1.29 is 18.7 Å². The monoisotopic (exact) mass is 544 g/mol. The zero-order chi connectivity index (χ0) is 28.1. The molecule has 7 rings (SSSR count). The lowest BCUT2D eigenvalue weighted by atomic mass is 9.97. The molecule has 0 amide bonds. The molecule has 0 bridgehead atoms. The van der Waals surface area contributed by atoms with Gasteiger partial charge in [0.05, 0.1) is 16.8 Å². The minimum Gasteiger partial charge on any atom is -0.477 e. The first-order valence-corrected chi connectivity index (χ1v) is 13.1. The molecule has 0 unspecified atom stereocenters. The van der Waals surface area contributed by atoms with Crippen molar-refractivity contribution >= 4 is 28.4 Å². The van der Waals surface area contributed by atoms with E-state index in [2.05, 4.69) is 20.2 Å². The highest BCUT2D eigenvalue weighted by molar-refractivity contribution is 5.98. The molecule has 0 radical (unpaired) electrons. The van der Waals surface area contributed by atoms with E-state index >= 15 is 4.39 Å². The second-order valence-electron chi connectivity index (χ2n) is 11.1. The Morgan fingerprint density at radius 2 is 2.00 bits per heavy atom. The fraction of sp³-hybridized carbons (Fsp3) is 0.310. The number of rotatable bonds is 4. The number of halogens is 2. The molecule has 3 aromatic heterocycles. The molecule has 1 aliphatic heterocycles. The van der Waals surface area contributed by atoms with Gasteiger partial charge in [-0.25, -0.2) is 18.6 Å². The lowest BCUT2D eigenvalue weighted by Gasteiger charge is -2.26. The van der Waals surface area contributed by atoms with Gasteiger partial charge in [-0.2, -0.15) is 0 Å². The summed E-state index contributed by atoms with van der Waals surface area (Å²) in [7, 11) is 3.29. The van der Waals surface area contributed by atoms with Gasteiger partial charge in [-0.3, -0.25) is 9.78 Å². The number of nitrogens with zero attached hydrogens (tertiary/aromatic N) is 4. The van der Waals surface area contributed by atoms with Gasteiger partial charge < -0.3 is 25.6 Å². The molecule has 3 aliphatic rings. The Hall–Kier alpha value is -4.38. The Morgan fingerprint density at radius 1 is 1.23 bits per heavy atom. The topological polar surface area (TPSA) is 126 Å². The molecule has 11 heteroatoms. The van der Waals surface area contributed by atoms with Crippen LogP contribution in [0.15, 0.2) is 35.5 Å². The Kier molecular flexibility index (Phi) is 5.12. The van der Waals surface area contributed by atoms with Crippen molar-refractivity contribution in [3.8, 4) is 22.3 Å². The summed E-state index contributed by atoms with van der Waals surface area (Å²) in [5.74, 6) is -3.21. The molecule has 1 aromatic carbocycles. The zero-order valence-electron chi connectivity index (χ0n) is 21.9. The molecular weight excluding hydrogens is 518 g/mol. The molecule has 2 fully saturated rings. The van der Waals surface area contributed by atoms with E-state index in [9.17, 15) is 19.1 Å². The van der Waals surface area contributed by atoms with Gasteiger partial charge in [0.1, 0.15) is 11.2 Å². The van der Waals surface area contributed by atoms with Crippen molar-refractivity contribution in [3.63, 3.8) is 0 Å². The third kappa shape index (κ3) is 3.33. The third-order valence-electron chi connectivity index (χ3n) is 8.83. The molecule has 1 saturated heterocycles. The van der Waals surface area contributed by atoms with Gasteiger partial charge in [-0.05, 0) is 24.5 Å². The Labute approximate surface area is 227 Å². The van der Waals surface area contributed by atoms with E-state index in [-0.39, 0.29) is 28.0 Å². The predicted octanol–water partition coefficient (Wildman–Crippen LogP) is 3.51. The fourth-order valence-corrected chi connectivity index (χ4v) is 6.57. The van der Waals surface area contributed by atoms with E-state index in [0.29, 0.717) is 64.5 Å². The molecule has 4 N–H and O–H groups in total. The van der Waals surface area contributed by atoms with Crippen LogP contribution in [0.2, 0.25) is 0 Å². The van der Waals surface area contributed by atoms with Gasteiger partial charge in [0.25, 0.3) is 0 Å². The van der Waals surface area contributed by atoms with Crippen LogP contribution in [-0.4, -0.2) is 51.8 Å². The van der Waals surface area contributed by atoms with Crippen LogP contribution < -0.4 is 21.4 Å². The van der Waals surface area contributed by atoms with E-state index < -0.39 is 23.0 Å². The molecular formula is C29H26F2N6O3. The number of carboxylic acid groups (broad SMARTS) is 1. The Morgan fingerprint density at radius 3 is 2.67 bits per heavy atom. The van der Waals surface area contributed by atoms with E-state index in [1.807, 2.05) is 0 Å². The van der Waals surface area contributed by atoms with Crippen LogP contribution in [0, 0.1) is 17.0 Å². The predicted molar refractivity (Wildman–Crippen MR) is 147 cm³/mol. The quantitative estimate of drug-likeness (QED) is 0.314. The first-order chi connectivity index (χ1) is 19.1. The maximum atomic E-state index is 15.6. The van der Waals surface area contributed by atoms with Crippen molar-refractivity contribution in [2.75, 3.05) is 30.4 Å². The SMILES string of the molecule is CNc1cc(F)c(F)c2c1Cc1ncc(-c3cnc4c(c3)c(=O)c(C(=O)O)cn4C)c(N3CC[C@@]4(C[C@@H]4N)C3)c1-2. The average Bonchev–Trinajstić information content (AvgIpc) is 3.25. The highest BCUT2D eigenvalue weighted by atomic mass is 19.2. The zero-order valence-corrected chi connectivity index (χ0v) is 21.9. The molecule has 4 heterocycles. The van der Waals surface area contributed by atoms with Crippen LogP contribution in [0.25, 0.3) is 33.3 Å². The minimum atomic E-state index is -1.33. The van der Waals surface area contributed by atoms with Crippen LogP contribution >= 0.6 is 0 Å². The summed E-state index contributed by atoms with van der Waals surface area (Å²) in [6.07, 6.45) is 6.64. The number of pyridine rings is 3. The Balaban J connectivity index is 1.51. The number of aromatic carboxylic acids is 1. The van der Waals surface area contributed by atoms with E-state index in [4.69, 9.17) is 5.73 Å². The maximum absolute atomic E-state index is 15.6. The van der Waals surface area contributed by atoms with Gasteiger partial charge in [0.15, 0.2) is 11.6 Å². The molecule has 2 atom stereocenters. The summed E-state index contributed by atoms with van der Waals surface area (Å²) in [6.45, 7) is 1.34. The number of hydrogen-bond donors (Lipinski definition) is 3. The number of hydrogen-bond acceptors (Lipinski definition) is 7. The molecule has 2 aliphatic carbocycles. The molecule has 204 valence electrons. The number of fused-ring (bicyclic) bond motifs is 4. The van der Waals surface area contributed by atoms with Crippen molar-refractivity contribution in [2.24, 2.45) is 18.2 Å². The number of anilines is 2. The minimum absolute atomic E-state index is 0.0144. The number of carboxylic acids is 1. The average molecular weight is 545 g/mol. The highest BCUT2D eigenvalue weighted by Crippen LogP contribution is 2.56. The maximum Gasteiger partial charge on any atom is 0.341 e. The number of carbonyl (C=O) groups is 1. The first-order valence-electron chi connectivity index (χ1n) is 13.1. The van der Waals surface area contributed by atoms with Crippen LogP contribution in [0.5, 0.6) is 0 Å². The summed E-state index contributed by atoms with van der Waals surface area (Å²) < 4.78 is 31.9. The molecule has 1 saturated carbocycles. The van der Waals surface area contributed by atoms with Crippen molar-refractivity contribution in [1.29, 1.82) is 0 Å². The van der Waals surface area contributed by atoms with Crippen LogP contribution in [0.1, 0.15) is 34.5 Å². The Bertz CT molecular complexity index is 1850. The second-order valence-corrected chi connectivity index (χ2v) is 11.1. The van der Waals surface area contributed by atoms with Gasteiger partial charge in [0.2, 0.25) is 5.43 Å². The fourth-order valence-electron chi connectivity index (χ4n) is 6.57. The van der Waals surface area contributed by atoms with Gasteiger partial charge in [0, 0.05) is 97.7 Å². The molecule has 9 nitrogen and oxygen atoms in total. The highest BCUT2D eigenvalue weighted by Gasteiger charge is 2.56. The largest absolute Gasteiger partial charge is 0.477 e. The summed E-state index contributed by atoms with van der Waals surface area (Å²) in [5.41, 5.74) is 9.90. The number of aryl methyl sites for hydroxylation is 1. The van der Waals surface area contributed by atoms with Gasteiger partial charge >= 0.3 is 5.97 Å². The molecule has 4 aromatic rings. The van der Waals surface area contributed by atoms with E-state index in [1.54, 1.807) is 32.6 Å². The summed E-state index contributed by atoms with van der Waals surface area (Å²) in [4.78, 5) is 36.2. The lowest BCUT2D eigenvalue weighted by Crippen LogP contribution is -2.24. The van der Waals surface area contributed by atoms with Crippen LogP contribution in [-0.2, 0) is 13.5 Å². The van der Waals surface area contributed by atoms with Crippen molar-refractivity contribution in [1.82, 2.24) is 14.5 Å². The summed E-state index contributed by atoms with van der Waals surface area (Å²) in [6, 6.07) is 2.86. The number of nitrogens with two attached hydrogens (primary N) is 1. The van der Waals surface area contributed by atoms with Crippen molar-refractivity contribution in [2.45, 2.75) is 25.3 Å². The number of aromatic nitrogens is 3. The first kappa shape index (κ1) is 24.6. The van der Waals surface area contributed by atoms with Gasteiger partial charge in [-0.15, -0.1) is 0 Å². The number of benzene rings is 1. The second kappa shape index (κ2) is 8.31. The molecule has 40 heavy (non-hydrogen) atoms. The standard InChI is InChI=1S/C29H26F2N6O3/c1-33-19-7-18(30)24(31)22-14(19)6-20-23(22)25(37-4-3-29(12-37)8-21(29)32)16(10-34-20)13-5-15-26(38)17(28(39)40)11-36(2)27(15)35-9-13/h5,7,9-11,21,33H,3-4,6,8,12,32H2,1-2H3,(H,39,40)/t21-,29+/m0/s1. The summed E-state index contributed by atoms with van der Waals surface area (Å²) >= 11 is 0. The smallest absolute Gasteiger partial charge is 0.341 e. The summed E-state index contributed by atoms with van der Waals surface area (Å²) in [5, 5.41) is 12.7. The lowest BCUT2D eigenvalue weighted by molar-refractivity contribution is 0.0695. The van der Waals surface area contributed by atoms with E-state index in [0.717, 1.165) is 18.9 Å². The normalized spacial score (nSPS) is 20.7. The van der Waals surface area contributed by atoms with Crippen molar-refractivity contribution in [3.05, 3.63) is 69.4 Å². The van der Waals surface area contributed by atoms with Gasteiger partial charge in [-0.1, -0.05) is 0 Å². The third-order valence-corrected chi connectivity index (χ3v) is 8.83. The van der Waals surface area contributed by atoms with E-state index in [1.165, 1.54) is 10.8 Å². The van der Waals surface area contributed by atoms with Crippen LogP contribution in [0.4, 0.5) is 20.2 Å². The number of nitrogens with one attached hydrogen (secondary N) is 1. The van der Waals surface area contributed by atoms with Crippen LogP contribution in [0.3, 0.4) is 0 Å².